The molecule has 0 spiro atoms. The third-order valence-corrected chi connectivity index (χ3v) is 3.36. The van der Waals surface area contributed by atoms with Crippen molar-refractivity contribution in [3.05, 3.63) is 65.4 Å². The molecular weight excluding hydrogens is 286 g/mol. The lowest BCUT2D eigenvalue weighted by Crippen LogP contribution is -2.14. The fourth-order valence-electron chi connectivity index (χ4n) is 2.09. The molecule has 0 aliphatic heterocycles. The number of hydrogen-bond acceptors (Lipinski definition) is 3. The minimum absolute atomic E-state index is 0.284. The smallest absolute Gasteiger partial charge is 0.274 e. The Hall–Kier alpha value is -2.59. The molecule has 3 aromatic rings. The van der Waals surface area contributed by atoms with Gasteiger partial charge in [0.05, 0.1) is 0 Å². The predicted molar refractivity (Wildman–Crippen MR) is 85.6 cm³/mol. The molecule has 2 aromatic carbocycles. The van der Waals surface area contributed by atoms with E-state index in [0.29, 0.717) is 22.1 Å². The van der Waals surface area contributed by atoms with Crippen LogP contribution in [0.4, 0.5) is 11.4 Å². The van der Waals surface area contributed by atoms with Gasteiger partial charge in [-0.2, -0.15) is 0 Å². The van der Waals surface area contributed by atoms with E-state index in [1.165, 1.54) is 0 Å². The van der Waals surface area contributed by atoms with E-state index in [2.05, 4.69) is 10.3 Å². The molecule has 5 heteroatoms. The van der Waals surface area contributed by atoms with Crippen LogP contribution in [-0.4, -0.2) is 10.9 Å². The van der Waals surface area contributed by atoms with Gasteiger partial charge >= 0.3 is 0 Å². The Morgan fingerprint density at radius 1 is 1.10 bits per heavy atom. The molecule has 3 rings (SSSR count). The Bertz CT molecular complexity index is 815. The molecular formula is C16H12ClN3O. The maximum Gasteiger partial charge on any atom is 0.274 e. The van der Waals surface area contributed by atoms with Gasteiger partial charge in [0.2, 0.25) is 0 Å². The Kier molecular flexibility index (Phi) is 3.46. The fraction of sp³-hybridized carbons (Fsp3) is 0. The Morgan fingerprint density at radius 2 is 1.86 bits per heavy atom. The van der Waals surface area contributed by atoms with E-state index < -0.39 is 0 Å². The highest BCUT2D eigenvalue weighted by Crippen LogP contribution is 2.21. The van der Waals surface area contributed by atoms with Gasteiger partial charge in [0.25, 0.3) is 5.91 Å². The van der Waals surface area contributed by atoms with E-state index in [0.717, 1.165) is 10.8 Å². The van der Waals surface area contributed by atoms with E-state index >= 15 is 0 Å². The van der Waals surface area contributed by atoms with Crippen LogP contribution in [0.25, 0.3) is 10.8 Å². The molecule has 21 heavy (non-hydrogen) atoms. The van der Waals surface area contributed by atoms with Crippen molar-refractivity contribution in [3.8, 4) is 0 Å². The van der Waals surface area contributed by atoms with Crippen LogP contribution in [0.5, 0.6) is 0 Å². The number of pyridine rings is 1. The maximum atomic E-state index is 12.4. The maximum absolute atomic E-state index is 12.4. The van der Waals surface area contributed by atoms with Crippen LogP contribution in [0.3, 0.4) is 0 Å². The molecule has 1 heterocycles. The summed E-state index contributed by atoms with van der Waals surface area (Å²) in [5.74, 6) is -0.284. The van der Waals surface area contributed by atoms with Crippen LogP contribution in [-0.2, 0) is 0 Å². The van der Waals surface area contributed by atoms with E-state index in [9.17, 15) is 4.79 Å². The lowest BCUT2D eigenvalue weighted by molar-refractivity contribution is 0.102. The van der Waals surface area contributed by atoms with Crippen LogP contribution in [0.15, 0.2) is 54.7 Å². The zero-order valence-electron chi connectivity index (χ0n) is 11.0. The molecule has 0 radical (unpaired) electrons. The topological polar surface area (TPSA) is 68.0 Å². The number of nitrogen functional groups attached to an aromatic ring is 1. The molecule has 0 fully saturated rings. The van der Waals surface area contributed by atoms with Gasteiger partial charge < -0.3 is 11.1 Å². The summed E-state index contributed by atoms with van der Waals surface area (Å²) in [5.41, 5.74) is 7.38. The SMILES string of the molecule is Nc1ccc2ccnc(C(=O)Nc3ccc(Cl)cc3)c2c1. The number of rotatable bonds is 2. The molecule has 1 aromatic heterocycles. The second kappa shape index (κ2) is 5.42. The number of anilines is 2. The van der Waals surface area contributed by atoms with Crippen LogP contribution in [0.1, 0.15) is 10.5 Å². The van der Waals surface area contributed by atoms with Crippen molar-refractivity contribution in [2.75, 3.05) is 11.1 Å². The van der Waals surface area contributed by atoms with Crippen molar-refractivity contribution in [1.29, 1.82) is 0 Å². The molecule has 0 saturated heterocycles. The van der Waals surface area contributed by atoms with E-state index in [-0.39, 0.29) is 5.91 Å². The summed E-state index contributed by atoms with van der Waals surface area (Å²) in [5, 5.41) is 5.05. The summed E-state index contributed by atoms with van der Waals surface area (Å²) >= 11 is 5.82. The van der Waals surface area contributed by atoms with E-state index in [1.54, 1.807) is 42.6 Å². The molecule has 1 amide bonds. The number of amides is 1. The lowest BCUT2D eigenvalue weighted by atomic mass is 10.1. The number of nitrogens with one attached hydrogen (secondary N) is 1. The second-order valence-corrected chi connectivity index (χ2v) is 5.04. The standard InChI is InChI=1S/C16H12ClN3O/c17-11-2-5-13(6-3-11)20-16(21)15-14-9-12(18)4-1-10(14)7-8-19-15/h1-9H,18H2,(H,20,21). The van der Waals surface area contributed by atoms with Crippen LogP contribution in [0.2, 0.25) is 5.02 Å². The molecule has 0 aliphatic carbocycles. The summed E-state index contributed by atoms with van der Waals surface area (Å²) in [6, 6.07) is 14.2. The number of carbonyl (C=O) groups is 1. The summed E-state index contributed by atoms with van der Waals surface area (Å²) < 4.78 is 0. The van der Waals surface area contributed by atoms with Gasteiger partial charge in [-0.15, -0.1) is 0 Å². The zero-order chi connectivity index (χ0) is 14.8. The van der Waals surface area contributed by atoms with Crippen molar-refractivity contribution in [2.24, 2.45) is 0 Å². The fourth-order valence-corrected chi connectivity index (χ4v) is 2.22. The number of fused-ring (bicyclic) bond motifs is 1. The lowest BCUT2D eigenvalue weighted by Gasteiger charge is -2.08. The third-order valence-electron chi connectivity index (χ3n) is 3.11. The summed E-state index contributed by atoms with van der Waals surface area (Å²) in [6.45, 7) is 0. The predicted octanol–water partition coefficient (Wildman–Crippen LogP) is 3.72. The summed E-state index contributed by atoms with van der Waals surface area (Å²) in [6.07, 6.45) is 1.61. The van der Waals surface area contributed by atoms with Crippen molar-refractivity contribution in [3.63, 3.8) is 0 Å². The molecule has 0 saturated carbocycles. The van der Waals surface area contributed by atoms with Crippen molar-refractivity contribution in [1.82, 2.24) is 4.98 Å². The minimum atomic E-state index is -0.284. The highest BCUT2D eigenvalue weighted by atomic mass is 35.5. The first-order chi connectivity index (χ1) is 10.1. The highest BCUT2D eigenvalue weighted by molar-refractivity contribution is 6.30. The van der Waals surface area contributed by atoms with Gasteiger partial charge in [-0.1, -0.05) is 17.7 Å². The first-order valence-corrected chi connectivity index (χ1v) is 6.72. The molecule has 0 bridgehead atoms. The number of nitrogens with two attached hydrogens (primary N) is 1. The number of benzene rings is 2. The summed E-state index contributed by atoms with van der Waals surface area (Å²) in [4.78, 5) is 16.5. The van der Waals surface area contributed by atoms with Gasteiger partial charge in [-0.25, -0.2) is 0 Å². The Balaban J connectivity index is 1.97. The number of aromatic nitrogens is 1. The first-order valence-electron chi connectivity index (χ1n) is 6.34. The van der Waals surface area contributed by atoms with Crippen LogP contribution < -0.4 is 11.1 Å². The molecule has 104 valence electrons. The second-order valence-electron chi connectivity index (χ2n) is 4.60. The van der Waals surface area contributed by atoms with Crippen molar-refractivity contribution in [2.45, 2.75) is 0 Å². The van der Waals surface area contributed by atoms with Gasteiger partial charge in [-0.05, 0) is 47.9 Å². The zero-order valence-corrected chi connectivity index (χ0v) is 11.8. The average Bonchev–Trinajstić information content (AvgIpc) is 2.49. The van der Waals surface area contributed by atoms with Crippen LogP contribution >= 0.6 is 11.6 Å². The number of carbonyl (C=O) groups excluding carboxylic acids is 1. The average molecular weight is 298 g/mol. The number of hydrogen-bond donors (Lipinski definition) is 2. The molecule has 4 nitrogen and oxygen atoms in total. The van der Waals surface area contributed by atoms with Crippen molar-refractivity contribution < 1.29 is 4.79 Å². The minimum Gasteiger partial charge on any atom is -0.399 e. The number of nitrogens with zero attached hydrogens (tertiary/aromatic N) is 1. The normalized spacial score (nSPS) is 10.5. The van der Waals surface area contributed by atoms with E-state index in [1.807, 2.05) is 12.1 Å². The molecule has 0 unspecified atom stereocenters. The Morgan fingerprint density at radius 3 is 2.62 bits per heavy atom. The monoisotopic (exact) mass is 297 g/mol. The molecule has 0 aliphatic rings. The molecule has 3 N–H and O–H groups in total. The first kappa shape index (κ1) is 13.4. The summed E-state index contributed by atoms with van der Waals surface area (Å²) in [7, 11) is 0. The van der Waals surface area contributed by atoms with Gasteiger partial charge in [-0.3, -0.25) is 9.78 Å². The van der Waals surface area contributed by atoms with Gasteiger partial charge in [0.1, 0.15) is 5.69 Å². The van der Waals surface area contributed by atoms with Gasteiger partial charge in [0.15, 0.2) is 0 Å². The van der Waals surface area contributed by atoms with Crippen LogP contribution in [0, 0.1) is 0 Å². The highest BCUT2D eigenvalue weighted by Gasteiger charge is 2.12. The van der Waals surface area contributed by atoms with Gasteiger partial charge in [0, 0.05) is 28.0 Å². The third kappa shape index (κ3) is 2.80. The number of halogens is 1. The largest absolute Gasteiger partial charge is 0.399 e. The Labute approximate surface area is 126 Å². The van der Waals surface area contributed by atoms with E-state index in [4.69, 9.17) is 17.3 Å². The molecule has 0 atom stereocenters. The van der Waals surface area contributed by atoms with Crippen molar-refractivity contribution >= 4 is 39.7 Å². The quantitative estimate of drug-likeness (QED) is 0.708.